The summed E-state index contributed by atoms with van der Waals surface area (Å²) in [5.41, 5.74) is 0.112. The molecule has 1 amide bonds. The molecule has 2 heterocycles. The van der Waals surface area contributed by atoms with E-state index >= 15 is 0 Å². The first-order valence-electron chi connectivity index (χ1n) is 5.21. The van der Waals surface area contributed by atoms with Gasteiger partial charge in [0.15, 0.2) is 5.69 Å². The third-order valence-corrected chi connectivity index (χ3v) is 2.00. The van der Waals surface area contributed by atoms with Crippen molar-refractivity contribution in [3.63, 3.8) is 0 Å². The standard InChI is InChI=1S/C8H10N6O5/c15-2-1-9-4(16)3-10-6-5(12-19-14-6)7-11-8(17)18-13-7/h15H,1-3H2,(H,9,16)(H,10,14)(H,11,13,17). The van der Waals surface area contributed by atoms with Gasteiger partial charge >= 0.3 is 5.76 Å². The maximum atomic E-state index is 11.3. The van der Waals surface area contributed by atoms with Crippen LogP contribution in [0.15, 0.2) is 13.9 Å². The van der Waals surface area contributed by atoms with Crippen LogP contribution in [-0.2, 0) is 4.79 Å². The number of aliphatic hydroxyl groups excluding tert-OH is 1. The van der Waals surface area contributed by atoms with E-state index in [4.69, 9.17) is 5.11 Å². The number of aromatic nitrogens is 4. The van der Waals surface area contributed by atoms with Crippen molar-refractivity contribution in [2.75, 3.05) is 25.0 Å². The van der Waals surface area contributed by atoms with Crippen molar-refractivity contribution in [2.45, 2.75) is 0 Å². The summed E-state index contributed by atoms with van der Waals surface area (Å²) in [5.74, 6) is -0.936. The molecule has 0 saturated carbocycles. The fourth-order valence-electron chi connectivity index (χ4n) is 1.21. The third kappa shape index (κ3) is 3.16. The van der Waals surface area contributed by atoms with Crippen LogP contribution in [0.25, 0.3) is 11.5 Å². The second kappa shape index (κ2) is 5.77. The lowest BCUT2D eigenvalue weighted by Crippen LogP contribution is -2.32. The monoisotopic (exact) mass is 270 g/mol. The SMILES string of the molecule is O=C(CNc1nonc1-c1noc(=O)[nH]1)NCCO. The first-order valence-corrected chi connectivity index (χ1v) is 5.21. The van der Waals surface area contributed by atoms with Gasteiger partial charge in [0.25, 0.3) is 0 Å². The molecule has 0 atom stereocenters. The molecule has 0 aromatic carbocycles. The first kappa shape index (κ1) is 12.8. The highest BCUT2D eigenvalue weighted by Gasteiger charge is 2.17. The third-order valence-electron chi connectivity index (χ3n) is 2.00. The average molecular weight is 270 g/mol. The van der Waals surface area contributed by atoms with Crippen LogP contribution in [0.3, 0.4) is 0 Å². The molecule has 11 heteroatoms. The lowest BCUT2D eigenvalue weighted by atomic mass is 10.4. The van der Waals surface area contributed by atoms with Crippen LogP contribution in [0.1, 0.15) is 0 Å². The van der Waals surface area contributed by atoms with Gasteiger partial charge in [0, 0.05) is 6.54 Å². The zero-order valence-electron chi connectivity index (χ0n) is 9.54. The number of carbonyl (C=O) groups is 1. The molecule has 0 spiro atoms. The lowest BCUT2D eigenvalue weighted by Gasteiger charge is -2.03. The van der Waals surface area contributed by atoms with E-state index in [0.29, 0.717) is 0 Å². The van der Waals surface area contributed by atoms with Crippen LogP contribution < -0.4 is 16.4 Å². The summed E-state index contributed by atoms with van der Waals surface area (Å²) in [6.07, 6.45) is 0. The summed E-state index contributed by atoms with van der Waals surface area (Å²) in [6.45, 7) is -0.104. The molecular weight excluding hydrogens is 260 g/mol. The Labute approximate surface area is 104 Å². The molecule has 0 aliphatic carbocycles. The first-order chi connectivity index (χ1) is 9.20. The molecule has 0 aliphatic rings. The smallest absolute Gasteiger partial charge is 0.395 e. The minimum absolute atomic E-state index is 0.0320. The van der Waals surface area contributed by atoms with Crippen molar-refractivity contribution in [2.24, 2.45) is 0 Å². The lowest BCUT2D eigenvalue weighted by molar-refractivity contribution is -0.119. The summed E-state index contributed by atoms with van der Waals surface area (Å²) >= 11 is 0. The van der Waals surface area contributed by atoms with Crippen molar-refractivity contribution in [3.8, 4) is 11.5 Å². The molecule has 2 aromatic heterocycles. The predicted molar refractivity (Wildman–Crippen MR) is 59.0 cm³/mol. The van der Waals surface area contributed by atoms with E-state index < -0.39 is 5.76 Å². The summed E-state index contributed by atoms with van der Waals surface area (Å²) in [6, 6.07) is 0. The van der Waals surface area contributed by atoms with E-state index in [-0.39, 0.29) is 42.9 Å². The predicted octanol–water partition coefficient (Wildman–Crippen LogP) is -2.07. The van der Waals surface area contributed by atoms with Crippen LogP contribution in [0, 0.1) is 0 Å². The Bertz CT molecular complexity index is 601. The number of aromatic amines is 1. The van der Waals surface area contributed by atoms with Gasteiger partial charge in [-0.2, -0.15) is 0 Å². The summed E-state index contributed by atoms with van der Waals surface area (Å²) in [5, 5.41) is 24.1. The van der Waals surface area contributed by atoms with Gasteiger partial charge in [-0.25, -0.2) is 9.42 Å². The minimum Gasteiger partial charge on any atom is -0.395 e. The van der Waals surface area contributed by atoms with Crippen LogP contribution in [0.5, 0.6) is 0 Å². The Hall–Kier alpha value is -2.69. The largest absolute Gasteiger partial charge is 0.439 e. The number of nitrogens with zero attached hydrogens (tertiary/aromatic N) is 3. The summed E-state index contributed by atoms with van der Waals surface area (Å²) in [4.78, 5) is 24.4. The van der Waals surface area contributed by atoms with Gasteiger partial charge in [0.2, 0.25) is 17.5 Å². The van der Waals surface area contributed by atoms with Crippen molar-refractivity contribution in [3.05, 3.63) is 10.6 Å². The second-order valence-electron chi connectivity index (χ2n) is 3.33. The van der Waals surface area contributed by atoms with Crippen molar-refractivity contribution in [1.82, 2.24) is 25.8 Å². The quantitative estimate of drug-likeness (QED) is 0.462. The van der Waals surface area contributed by atoms with Gasteiger partial charge in [-0.15, -0.1) is 0 Å². The molecule has 102 valence electrons. The molecule has 19 heavy (non-hydrogen) atoms. The van der Waals surface area contributed by atoms with E-state index in [1.165, 1.54) is 0 Å². The van der Waals surface area contributed by atoms with E-state index in [1.54, 1.807) is 0 Å². The molecular formula is C8H10N6O5. The van der Waals surface area contributed by atoms with Gasteiger partial charge in [-0.05, 0) is 10.3 Å². The number of carbonyl (C=O) groups excluding carboxylic acids is 1. The average Bonchev–Trinajstić information content (AvgIpc) is 3.02. The molecule has 0 saturated heterocycles. The van der Waals surface area contributed by atoms with Crippen molar-refractivity contribution in [1.29, 1.82) is 0 Å². The van der Waals surface area contributed by atoms with Crippen molar-refractivity contribution >= 4 is 11.7 Å². The molecule has 0 radical (unpaired) electrons. The number of amides is 1. The molecule has 0 unspecified atom stereocenters. The van der Waals surface area contributed by atoms with Crippen LogP contribution >= 0.6 is 0 Å². The fraction of sp³-hybridized carbons (Fsp3) is 0.375. The second-order valence-corrected chi connectivity index (χ2v) is 3.33. The Morgan fingerprint density at radius 1 is 1.37 bits per heavy atom. The van der Waals surface area contributed by atoms with Gasteiger partial charge in [-0.1, -0.05) is 5.16 Å². The van der Waals surface area contributed by atoms with E-state index in [9.17, 15) is 9.59 Å². The van der Waals surface area contributed by atoms with Gasteiger partial charge in [0.05, 0.1) is 13.2 Å². The van der Waals surface area contributed by atoms with Gasteiger partial charge in [0.1, 0.15) is 0 Å². The number of nitrogens with one attached hydrogen (secondary N) is 3. The van der Waals surface area contributed by atoms with Gasteiger partial charge in [-0.3, -0.25) is 14.3 Å². The number of anilines is 1. The van der Waals surface area contributed by atoms with Crippen molar-refractivity contribution < 1.29 is 19.1 Å². The van der Waals surface area contributed by atoms with E-state index in [1.807, 2.05) is 0 Å². The molecule has 0 bridgehead atoms. The molecule has 0 fully saturated rings. The van der Waals surface area contributed by atoms with Crippen LogP contribution in [0.4, 0.5) is 5.82 Å². The Morgan fingerprint density at radius 2 is 2.21 bits per heavy atom. The molecule has 4 N–H and O–H groups in total. The Balaban J connectivity index is 2.00. The zero-order valence-corrected chi connectivity index (χ0v) is 9.54. The number of rotatable bonds is 6. The highest BCUT2D eigenvalue weighted by molar-refractivity contribution is 5.81. The fourth-order valence-corrected chi connectivity index (χ4v) is 1.21. The Kier molecular flexibility index (Phi) is 3.87. The zero-order chi connectivity index (χ0) is 13.7. The highest BCUT2D eigenvalue weighted by Crippen LogP contribution is 2.18. The molecule has 2 aromatic rings. The van der Waals surface area contributed by atoms with E-state index in [0.717, 1.165) is 0 Å². The maximum absolute atomic E-state index is 11.3. The highest BCUT2D eigenvalue weighted by atomic mass is 16.6. The number of hydrogen-bond donors (Lipinski definition) is 4. The topological polar surface area (TPSA) is 159 Å². The number of H-pyrrole nitrogens is 1. The maximum Gasteiger partial charge on any atom is 0.439 e. The molecule has 2 rings (SSSR count). The molecule has 0 aliphatic heterocycles. The van der Waals surface area contributed by atoms with E-state index in [2.05, 4.69) is 40.2 Å². The summed E-state index contributed by atoms with van der Waals surface area (Å²) in [7, 11) is 0. The summed E-state index contributed by atoms with van der Waals surface area (Å²) < 4.78 is 8.80. The number of hydrogen-bond acceptors (Lipinski definition) is 9. The normalized spacial score (nSPS) is 10.4. The van der Waals surface area contributed by atoms with Crippen LogP contribution in [-0.4, -0.2) is 51.2 Å². The minimum atomic E-state index is -0.746. The van der Waals surface area contributed by atoms with Gasteiger partial charge < -0.3 is 15.7 Å². The Morgan fingerprint density at radius 3 is 2.89 bits per heavy atom. The molecule has 11 nitrogen and oxygen atoms in total. The number of aliphatic hydroxyl groups is 1. The van der Waals surface area contributed by atoms with Crippen LogP contribution in [0.2, 0.25) is 0 Å².